The summed E-state index contributed by atoms with van der Waals surface area (Å²) in [5.41, 5.74) is 0.687. The second-order valence-electron chi connectivity index (χ2n) is 6.66. The first-order chi connectivity index (χ1) is 13.1. The fourth-order valence-electron chi connectivity index (χ4n) is 3.36. The maximum atomic E-state index is 12.7. The Morgan fingerprint density at radius 2 is 1.37 bits per heavy atom. The van der Waals surface area contributed by atoms with Crippen LogP contribution >= 0.6 is 0 Å². The van der Waals surface area contributed by atoms with Crippen LogP contribution in [0.2, 0.25) is 0 Å². The molecule has 3 rings (SSSR count). The molecule has 2 aromatic rings. The highest BCUT2D eigenvalue weighted by Gasteiger charge is 2.21. The summed E-state index contributed by atoms with van der Waals surface area (Å²) in [5.74, 6) is -1.97. The monoisotopic (exact) mass is 366 g/mol. The topological polar surface area (TPSA) is 95.5 Å². The zero-order valence-corrected chi connectivity index (χ0v) is 14.9. The number of anilines is 1. The molecule has 2 amide bonds. The molecule has 0 radical (unpaired) electrons. The number of carbonyl (C=O) groups excluding carboxylic acids is 2. The lowest BCUT2D eigenvalue weighted by Gasteiger charge is -2.23. The van der Waals surface area contributed by atoms with E-state index >= 15 is 0 Å². The molecule has 0 saturated heterocycles. The van der Waals surface area contributed by atoms with E-state index in [1.807, 2.05) is 0 Å². The van der Waals surface area contributed by atoms with Gasteiger partial charge < -0.3 is 15.7 Å². The molecule has 0 heterocycles. The summed E-state index contributed by atoms with van der Waals surface area (Å²) >= 11 is 0. The quantitative estimate of drug-likeness (QED) is 0.752. The number of hydrogen-bond acceptors (Lipinski definition) is 3. The van der Waals surface area contributed by atoms with Crippen molar-refractivity contribution < 1.29 is 19.5 Å². The highest BCUT2D eigenvalue weighted by molar-refractivity contribution is 6.13. The van der Waals surface area contributed by atoms with Crippen LogP contribution in [0.25, 0.3) is 0 Å². The molecule has 27 heavy (non-hydrogen) atoms. The van der Waals surface area contributed by atoms with Gasteiger partial charge in [0.2, 0.25) is 0 Å². The average Bonchev–Trinajstić information content (AvgIpc) is 2.69. The van der Waals surface area contributed by atoms with Crippen LogP contribution in [0, 0.1) is 0 Å². The van der Waals surface area contributed by atoms with Gasteiger partial charge in [0.25, 0.3) is 11.8 Å². The normalized spacial score (nSPS) is 14.4. The molecule has 1 fully saturated rings. The van der Waals surface area contributed by atoms with Crippen molar-refractivity contribution in [3.63, 3.8) is 0 Å². The first kappa shape index (κ1) is 18.6. The summed E-state index contributed by atoms with van der Waals surface area (Å²) in [5, 5.41) is 15.0. The summed E-state index contributed by atoms with van der Waals surface area (Å²) in [4.78, 5) is 36.6. The number of nitrogens with one attached hydrogen (secondary N) is 2. The Hall–Kier alpha value is -3.15. The van der Waals surface area contributed by atoms with Crippen LogP contribution in [-0.2, 0) is 0 Å². The molecule has 0 aliphatic heterocycles. The predicted octanol–water partition coefficient (Wildman–Crippen LogP) is 3.70. The Balaban J connectivity index is 1.79. The number of carbonyl (C=O) groups is 3. The zero-order chi connectivity index (χ0) is 19.2. The van der Waals surface area contributed by atoms with E-state index in [2.05, 4.69) is 10.6 Å². The lowest BCUT2D eigenvalue weighted by atomic mass is 9.95. The van der Waals surface area contributed by atoms with Crippen LogP contribution < -0.4 is 10.6 Å². The molecule has 1 saturated carbocycles. The van der Waals surface area contributed by atoms with Crippen molar-refractivity contribution in [3.05, 3.63) is 65.2 Å². The summed E-state index contributed by atoms with van der Waals surface area (Å²) < 4.78 is 0. The smallest absolute Gasteiger partial charge is 0.336 e. The Morgan fingerprint density at radius 3 is 2.04 bits per heavy atom. The highest BCUT2D eigenvalue weighted by atomic mass is 16.4. The van der Waals surface area contributed by atoms with Gasteiger partial charge in [-0.25, -0.2) is 4.79 Å². The van der Waals surface area contributed by atoms with Crippen LogP contribution in [0.15, 0.2) is 48.5 Å². The van der Waals surface area contributed by atoms with E-state index in [0.29, 0.717) is 11.3 Å². The van der Waals surface area contributed by atoms with E-state index in [1.54, 1.807) is 36.4 Å². The molecule has 0 spiro atoms. The van der Waals surface area contributed by atoms with Gasteiger partial charge in [-0.2, -0.15) is 0 Å². The second-order valence-corrected chi connectivity index (χ2v) is 6.66. The Morgan fingerprint density at radius 1 is 0.778 bits per heavy atom. The third-order valence-electron chi connectivity index (χ3n) is 4.76. The van der Waals surface area contributed by atoms with Crippen LogP contribution in [0.5, 0.6) is 0 Å². The average molecular weight is 366 g/mol. The van der Waals surface area contributed by atoms with Crippen LogP contribution in [0.4, 0.5) is 5.69 Å². The molecule has 0 atom stereocenters. The Kier molecular flexibility index (Phi) is 5.86. The third kappa shape index (κ3) is 4.53. The van der Waals surface area contributed by atoms with Gasteiger partial charge in [0.15, 0.2) is 0 Å². The second kappa shape index (κ2) is 8.49. The molecule has 140 valence electrons. The number of aromatic carboxylic acids is 1. The molecule has 1 aliphatic carbocycles. The summed E-state index contributed by atoms with van der Waals surface area (Å²) in [6, 6.07) is 12.9. The first-order valence-electron chi connectivity index (χ1n) is 9.10. The SMILES string of the molecule is O=C(NC1CCCCC1)c1ccccc1NC(=O)c1ccccc1C(=O)O. The standard InChI is InChI=1S/C21H22N2O4/c24-19(15-10-4-5-11-16(15)21(26)27)23-18-13-7-6-12-17(18)20(25)22-14-8-2-1-3-9-14/h4-7,10-14H,1-3,8-9H2,(H,22,25)(H,23,24)(H,26,27). The molecular formula is C21H22N2O4. The van der Waals surface area contributed by atoms with E-state index in [0.717, 1.165) is 25.7 Å². The number of hydrogen-bond donors (Lipinski definition) is 3. The Bertz CT molecular complexity index is 857. The van der Waals surface area contributed by atoms with E-state index < -0.39 is 11.9 Å². The molecular weight excluding hydrogens is 344 g/mol. The number of carboxylic acid groups (broad SMARTS) is 1. The minimum atomic E-state index is -1.18. The fourth-order valence-corrected chi connectivity index (χ4v) is 3.36. The molecule has 3 N–H and O–H groups in total. The van der Waals surface area contributed by atoms with Gasteiger partial charge in [0, 0.05) is 6.04 Å². The number of rotatable bonds is 5. The van der Waals surface area contributed by atoms with Crippen LogP contribution in [0.1, 0.15) is 63.2 Å². The lowest BCUT2D eigenvalue weighted by Crippen LogP contribution is -2.36. The van der Waals surface area contributed by atoms with Crippen molar-refractivity contribution >= 4 is 23.5 Å². The molecule has 0 aromatic heterocycles. The molecule has 6 heteroatoms. The first-order valence-corrected chi connectivity index (χ1v) is 9.10. The van der Waals surface area contributed by atoms with Gasteiger partial charge in [-0.3, -0.25) is 9.59 Å². The maximum Gasteiger partial charge on any atom is 0.336 e. The summed E-state index contributed by atoms with van der Waals surface area (Å²) in [6.07, 6.45) is 5.34. The lowest BCUT2D eigenvalue weighted by molar-refractivity contribution is 0.0692. The van der Waals surface area contributed by atoms with Crippen molar-refractivity contribution in [3.8, 4) is 0 Å². The van der Waals surface area contributed by atoms with Crippen LogP contribution in [0.3, 0.4) is 0 Å². The fraction of sp³-hybridized carbons (Fsp3) is 0.286. The van der Waals surface area contributed by atoms with Crippen molar-refractivity contribution in [2.24, 2.45) is 0 Å². The third-order valence-corrected chi connectivity index (χ3v) is 4.76. The molecule has 0 unspecified atom stereocenters. The predicted molar refractivity (Wildman–Crippen MR) is 102 cm³/mol. The molecule has 1 aliphatic rings. The minimum absolute atomic E-state index is 0.0486. The van der Waals surface area contributed by atoms with Gasteiger partial charge >= 0.3 is 5.97 Å². The number of para-hydroxylation sites is 1. The van der Waals surface area contributed by atoms with Gasteiger partial charge in [-0.1, -0.05) is 43.5 Å². The van der Waals surface area contributed by atoms with Gasteiger partial charge in [-0.15, -0.1) is 0 Å². The van der Waals surface area contributed by atoms with E-state index in [-0.39, 0.29) is 23.1 Å². The number of benzene rings is 2. The van der Waals surface area contributed by atoms with Gasteiger partial charge in [0.1, 0.15) is 0 Å². The van der Waals surface area contributed by atoms with E-state index in [1.165, 1.54) is 18.6 Å². The molecule has 2 aromatic carbocycles. The van der Waals surface area contributed by atoms with Crippen molar-refractivity contribution in [1.82, 2.24) is 5.32 Å². The van der Waals surface area contributed by atoms with E-state index in [4.69, 9.17) is 0 Å². The number of carboxylic acids is 1. The summed E-state index contributed by atoms with van der Waals surface area (Å²) in [7, 11) is 0. The zero-order valence-electron chi connectivity index (χ0n) is 14.9. The summed E-state index contributed by atoms with van der Waals surface area (Å²) in [6.45, 7) is 0. The maximum absolute atomic E-state index is 12.7. The van der Waals surface area contributed by atoms with Gasteiger partial charge in [-0.05, 0) is 37.1 Å². The van der Waals surface area contributed by atoms with E-state index in [9.17, 15) is 19.5 Å². The van der Waals surface area contributed by atoms with Crippen molar-refractivity contribution in [2.75, 3.05) is 5.32 Å². The van der Waals surface area contributed by atoms with Gasteiger partial charge in [0.05, 0.1) is 22.4 Å². The number of amides is 2. The highest BCUT2D eigenvalue weighted by Crippen LogP contribution is 2.21. The largest absolute Gasteiger partial charge is 0.478 e. The van der Waals surface area contributed by atoms with Crippen LogP contribution in [-0.4, -0.2) is 28.9 Å². The Labute approximate surface area is 157 Å². The minimum Gasteiger partial charge on any atom is -0.478 e. The van der Waals surface area contributed by atoms with Crippen molar-refractivity contribution in [2.45, 2.75) is 38.1 Å². The van der Waals surface area contributed by atoms with Crippen molar-refractivity contribution in [1.29, 1.82) is 0 Å². The molecule has 6 nitrogen and oxygen atoms in total. The molecule has 0 bridgehead atoms.